The maximum atomic E-state index is 12.7. The van der Waals surface area contributed by atoms with Gasteiger partial charge in [0, 0.05) is 6.07 Å². The lowest BCUT2D eigenvalue weighted by atomic mass is 10.2. The van der Waals surface area contributed by atoms with Crippen LogP contribution < -0.4 is 19.6 Å². The van der Waals surface area contributed by atoms with Gasteiger partial charge in [-0.3, -0.25) is 14.9 Å². The van der Waals surface area contributed by atoms with Crippen LogP contribution in [0.5, 0.6) is 11.5 Å². The van der Waals surface area contributed by atoms with E-state index in [2.05, 4.69) is 10.1 Å². The first-order valence-corrected chi connectivity index (χ1v) is 9.86. The summed E-state index contributed by atoms with van der Waals surface area (Å²) in [5.41, 5.74) is 0.752. The van der Waals surface area contributed by atoms with Crippen molar-refractivity contribution in [2.75, 3.05) is 14.2 Å². The van der Waals surface area contributed by atoms with Gasteiger partial charge in [0.05, 0.1) is 29.2 Å². The Kier molecular flexibility index (Phi) is 5.46. The Morgan fingerprint density at radius 1 is 1.10 bits per heavy atom. The van der Waals surface area contributed by atoms with Gasteiger partial charge in [-0.25, -0.2) is 0 Å². The van der Waals surface area contributed by atoms with Crippen molar-refractivity contribution in [1.82, 2.24) is 14.6 Å². The van der Waals surface area contributed by atoms with Crippen LogP contribution in [-0.2, 0) is 0 Å². The number of rotatable bonds is 6. The highest BCUT2D eigenvalue weighted by Crippen LogP contribution is 2.28. The Bertz CT molecular complexity index is 1420. The van der Waals surface area contributed by atoms with Gasteiger partial charge in [0.15, 0.2) is 17.3 Å². The van der Waals surface area contributed by atoms with E-state index < -0.39 is 4.92 Å². The molecule has 156 valence electrons. The molecule has 0 bridgehead atoms. The molecule has 9 nitrogen and oxygen atoms in total. The maximum Gasteiger partial charge on any atom is 0.291 e. The van der Waals surface area contributed by atoms with Crippen LogP contribution in [-0.4, -0.2) is 33.7 Å². The molecule has 0 saturated heterocycles. The Morgan fingerprint density at radius 2 is 1.87 bits per heavy atom. The van der Waals surface area contributed by atoms with Crippen molar-refractivity contribution in [2.24, 2.45) is 0 Å². The van der Waals surface area contributed by atoms with Crippen molar-refractivity contribution in [3.63, 3.8) is 0 Å². The van der Waals surface area contributed by atoms with Gasteiger partial charge in [-0.1, -0.05) is 35.6 Å². The number of hydrogen-bond donors (Lipinski definition) is 0. The summed E-state index contributed by atoms with van der Waals surface area (Å²) in [4.78, 5) is 28.1. The molecule has 2 heterocycles. The SMILES string of the molecule is COc1ccc(/C=C/c2nc3s/c(=C\c4ccccc4[N+](=O)[O-])c(=O)n3n2)cc1OC. The van der Waals surface area contributed by atoms with Gasteiger partial charge >= 0.3 is 0 Å². The van der Waals surface area contributed by atoms with Crippen molar-refractivity contribution >= 4 is 40.2 Å². The molecule has 0 amide bonds. The van der Waals surface area contributed by atoms with E-state index in [0.29, 0.717) is 32.4 Å². The average Bonchev–Trinajstić information content (AvgIpc) is 3.31. The minimum Gasteiger partial charge on any atom is -0.493 e. The normalized spacial score (nSPS) is 12.0. The number of aromatic nitrogens is 3. The van der Waals surface area contributed by atoms with Gasteiger partial charge < -0.3 is 9.47 Å². The summed E-state index contributed by atoms with van der Waals surface area (Å²) in [5, 5.41) is 15.4. The Morgan fingerprint density at radius 3 is 2.58 bits per heavy atom. The third-order valence-corrected chi connectivity index (χ3v) is 5.41. The predicted octanol–water partition coefficient (Wildman–Crippen LogP) is 2.79. The third-order valence-electron chi connectivity index (χ3n) is 4.45. The zero-order valence-corrected chi connectivity index (χ0v) is 17.3. The first kappa shape index (κ1) is 20.2. The van der Waals surface area contributed by atoms with E-state index in [9.17, 15) is 14.9 Å². The first-order valence-electron chi connectivity index (χ1n) is 9.05. The number of nitro benzene ring substituents is 1. The lowest BCUT2D eigenvalue weighted by Crippen LogP contribution is -2.23. The zero-order chi connectivity index (χ0) is 22.0. The van der Waals surface area contributed by atoms with Crippen LogP contribution in [0, 0.1) is 10.1 Å². The Balaban J connectivity index is 1.66. The second kappa shape index (κ2) is 8.36. The summed E-state index contributed by atoms with van der Waals surface area (Å²) in [7, 11) is 3.13. The van der Waals surface area contributed by atoms with E-state index in [1.807, 2.05) is 12.1 Å². The molecule has 0 spiro atoms. The van der Waals surface area contributed by atoms with Crippen LogP contribution in [0.3, 0.4) is 0 Å². The number of fused-ring (bicyclic) bond motifs is 1. The highest BCUT2D eigenvalue weighted by molar-refractivity contribution is 7.15. The van der Waals surface area contributed by atoms with Crippen molar-refractivity contribution in [1.29, 1.82) is 0 Å². The number of hydrogen-bond acceptors (Lipinski definition) is 8. The molecule has 0 fully saturated rings. The van der Waals surface area contributed by atoms with E-state index in [-0.39, 0.29) is 11.2 Å². The molecule has 4 rings (SSSR count). The van der Waals surface area contributed by atoms with Gasteiger partial charge in [-0.2, -0.15) is 9.50 Å². The molecule has 4 aromatic rings. The lowest BCUT2D eigenvalue weighted by Gasteiger charge is -2.07. The fourth-order valence-electron chi connectivity index (χ4n) is 2.96. The van der Waals surface area contributed by atoms with Gasteiger partial charge in [0.25, 0.3) is 11.2 Å². The van der Waals surface area contributed by atoms with Gasteiger partial charge in [-0.05, 0) is 35.9 Å². The maximum absolute atomic E-state index is 12.7. The van der Waals surface area contributed by atoms with Crippen molar-refractivity contribution < 1.29 is 14.4 Å². The minimum atomic E-state index is -0.482. The summed E-state index contributed by atoms with van der Waals surface area (Å²) in [6, 6.07) is 11.7. The monoisotopic (exact) mass is 436 g/mol. The number of nitro groups is 1. The quantitative estimate of drug-likeness (QED) is 0.338. The van der Waals surface area contributed by atoms with E-state index in [1.165, 1.54) is 16.7 Å². The number of ether oxygens (including phenoxy) is 2. The standard InChI is InChI=1S/C21H16N4O5S/c1-29-16-9-7-13(11-17(16)30-2)8-10-19-22-21-24(23-19)20(26)18(31-21)12-14-5-3-4-6-15(14)25(27)28/h3-12H,1-2H3/b10-8+,18-12-. The molecule has 0 N–H and O–H groups in total. The molecular weight excluding hydrogens is 420 g/mol. The fraction of sp³-hybridized carbons (Fsp3) is 0.0952. The topological polar surface area (TPSA) is 109 Å². The second-order valence-electron chi connectivity index (χ2n) is 6.34. The molecule has 0 saturated carbocycles. The van der Waals surface area contributed by atoms with Crippen LogP contribution >= 0.6 is 11.3 Å². The van der Waals surface area contributed by atoms with Crippen LogP contribution in [0.15, 0.2) is 47.3 Å². The van der Waals surface area contributed by atoms with Crippen LogP contribution in [0.1, 0.15) is 17.0 Å². The summed E-state index contributed by atoms with van der Waals surface area (Å²) >= 11 is 1.12. The second-order valence-corrected chi connectivity index (χ2v) is 7.35. The molecule has 2 aromatic carbocycles. The summed E-state index contributed by atoms with van der Waals surface area (Å²) < 4.78 is 12.0. The lowest BCUT2D eigenvalue weighted by molar-refractivity contribution is -0.385. The summed E-state index contributed by atoms with van der Waals surface area (Å²) in [5.74, 6) is 1.59. The molecule has 0 aliphatic heterocycles. The Hall–Kier alpha value is -4.05. The highest BCUT2D eigenvalue weighted by Gasteiger charge is 2.13. The van der Waals surface area contributed by atoms with E-state index >= 15 is 0 Å². The van der Waals surface area contributed by atoms with Crippen molar-refractivity contribution in [3.8, 4) is 11.5 Å². The first-order chi connectivity index (χ1) is 15.0. The molecule has 31 heavy (non-hydrogen) atoms. The van der Waals surface area contributed by atoms with E-state index in [4.69, 9.17) is 9.47 Å². The predicted molar refractivity (Wildman–Crippen MR) is 117 cm³/mol. The third kappa shape index (κ3) is 4.01. The Labute approximate surface area is 179 Å². The molecule has 0 unspecified atom stereocenters. The van der Waals surface area contributed by atoms with Gasteiger partial charge in [-0.15, -0.1) is 5.10 Å². The molecular formula is C21H16N4O5S. The average molecular weight is 436 g/mol. The van der Waals surface area contributed by atoms with Crippen molar-refractivity contribution in [3.05, 3.63) is 84.4 Å². The molecule has 0 radical (unpaired) electrons. The van der Waals surface area contributed by atoms with Gasteiger partial charge in [0.1, 0.15) is 0 Å². The largest absolute Gasteiger partial charge is 0.493 e. The fourth-order valence-corrected chi connectivity index (χ4v) is 3.87. The molecule has 2 aromatic heterocycles. The molecule has 10 heteroatoms. The zero-order valence-electron chi connectivity index (χ0n) is 16.5. The molecule has 0 atom stereocenters. The molecule has 0 aliphatic carbocycles. The number of methoxy groups -OCH3 is 2. The van der Waals surface area contributed by atoms with Crippen molar-refractivity contribution in [2.45, 2.75) is 0 Å². The van der Waals surface area contributed by atoms with Gasteiger partial charge in [0.2, 0.25) is 4.96 Å². The highest BCUT2D eigenvalue weighted by atomic mass is 32.1. The van der Waals surface area contributed by atoms with Crippen LogP contribution in [0.4, 0.5) is 5.69 Å². The minimum absolute atomic E-state index is 0.0700. The van der Waals surface area contributed by atoms with E-state index in [1.54, 1.807) is 50.6 Å². The van der Waals surface area contributed by atoms with E-state index in [0.717, 1.165) is 16.9 Å². The van der Waals surface area contributed by atoms with Crippen LogP contribution in [0.2, 0.25) is 0 Å². The number of para-hydroxylation sites is 1. The molecule has 0 aliphatic rings. The summed E-state index contributed by atoms with van der Waals surface area (Å²) in [6.07, 6.45) is 4.97. The number of nitrogens with zero attached hydrogens (tertiary/aromatic N) is 4. The number of thiazole rings is 1. The number of benzene rings is 2. The van der Waals surface area contributed by atoms with Crippen LogP contribution in [0.25, 0.3) is 23.2 Å². The smallest absolute Gasteiger partial charge is 0.291 e. The summed E-state index contributed by atoms with van der Waals surface area (Å²) in [6.45, 7) is 0.